The molecule has 0 aliphatic carbocycles. The van der Waals surface area contributed by atoms with Gasteiger partial charge in [-0.2, -0.15) is 0 Å². The summed E-state index contributed by atoms with van der Waals surface area (Å²) in [6.45, 7) is 2.71. The predicted molar refractivity (Wildman–Crippen MR) is 122 cm³/mol. The van der Waals surface area contributed by atoms with E-state index in [2.05, 4.69) is 31.2 Å². The third kappa shape index (κ3) is 4.11. The van der Waals surface area contributed by atoms with E-state index in [0.717, 1.165) is 40.7 Å². The fourth-order valence-electron chi connectivity index (χ4n) is 4.33. The normalized spacial score (nSPS) is 14.9. The third-order valence-corrected chi connectivity index (χ3v) is 5.92. The van der Waals surface area contributed by atoms with Crippen molar-refractivity contribution in [2.45, 2.75) is 38.8 Å². The van der Waals surface area contributed by atoms with Gasteiger partial charge in [0.15, 0.2) is 0 Å². The highest BCUT2D eigenvalue weighted by Gasteiger charge is 2.34. The average Bonchev–Trinajstić information content (AvgIpc) is 3.21. The maximum absolute atomic E-state index is 13.1. The number of carbonyl (C=O) groups is 2. The van der Waals surface area contributed by atoms with E-state index < -0.39 is 0 Å². The first kappa shape index (κ1) is 20.9. The lowest BCUT2D eigenvalue weighted by Crippen LogP contribution is -2.30. The van der Waals surface area contributed by atoms with Crippen LogP contribution in [0, 0.1) is 0 Å². The van der Waals surface area contributed by atoms with Crippen molar-refractivity contribution in [3.63, 3.8) is 0 Å². The molecule has 0 saturated carbocycles. The number of hydrogen-bond acceptors (Lipinski definition) is 3. The van der Waals surface area contributed by atoms with Crippen LogP contribution in [0.15, 0.2) is 72.8 Å². The van der Waals surface area contributed by atoms with E-state index in [9.17, 15) is 9.59 Å². The maximum atomic E-state index is 13.1. The number of carbonyl (C=O) groups excluding carboxylic acids is 2. The molecule has 1 amide bonds. The van der Waals surface area contributed by atoms with Gasteiger partial charge in [0.25, 0.3) is 0 Å². The molecule has 1 heterocycles. The van der Waals surface area contributed by atoms with Crippen LogP contribution in [0.2, 0.25) is 0 Å². The van der Waals surface area contributed by atoms with Gasteiger partial charge in [0.2, 0.25) is 5.91 Å². The lowest BCUT2D eigenvalue weighted by Gasteiger charge is -2.26. The Morgan fingerprint density at radius 3 is 2.48 bits per heavy atom. The smallest absolute Gasteiger partial charge is 0.338 e. The molecule has 0 radical (unpaired) electrons. The summed E-state index contributed by atoms with van der Waals surface area (Å²) in [6.07, 6.45) is 2.45. The van der Waals surface area contributed by atoms with Crippen molar-refractivity contribution in [1.29, 1.82) is 0 Å². The number of fused-ring (bicyclic) bond motifs is 1. The van der Waals surface area contributed by atoms with Crippen molar-refractivity contribution < 1.29 is 14.3 Å². The Morgan fingerprint density at radius 2 is 1.74 bits per heavy atom. The monoisotopic (exact) mass is 413 g/mol. The second-order valence-electron chi connectivity index (χ2n) is 7.89. The quantitative estimate of drug-likeness (QED) is 0.483. The molecule has 1 unspecified atom stereocenters. The Hall–Kier alpha value is -3.40. The van der Waals surface area contributed by atoms with E-state index in [4.69, 9.17) is 4.74 Å². The van der Waals surface area contributed by atoms with Crippen molar-refractivity contribution in [3.05, 3.63) is 95.1 Å². The summed E-state index contributed by atoms with van der Waals surface area (Å²) in [5.41, 5.74) is 5.69. The molecule has 4 rings (SSSR count). The number of esters is 1. The molecule has 0 bridgehead atoms. The molecule has 158 valence electrons. The Bertz CT molecular complexity index is 1090. The highest BCUT2D eigenvalue weighted by molar-refractivity contribution is 5.97. The van der Waals surface area contributed by atoms with Crippen LogP contribution in [-0.4, -0.2) is 23.9 Å². The summed E-state index contributed by atoms with van der Waals surface area (Å²) in [4.78, 5) is 27.3. The molecule has 3 aromatic rings. The molecule has 1 atom stereocenters. The third-order valence-electron chi connectivity index (χ3n) is 5.92. The van der Waals surface area contributed by atoms with E-state index in [1.807, 2.05) is 47.4 Å². The van der Waals surface area contributed by atoms with Crippen molar-refractivity contribution in [1.82, 2.24) is 4.90 Å². The van der Waals surface area contributed by atoms with E-state index in [0.29, 0.717) is 18.5 Å². The Kier molecular flexibility index (Phi) is 6.17. The molecular weight excluding hydrogens is 386 g/mol. The summed E-state index contributed by atoms with van der Waals surface area (Å²) in [6, 6.07) is 23.8. The number of methoxy groups -OCH3 is 1. The fourth-order valence-corrected chi connectivity index (χ4v) is 4.33. The minimum atomic E-state index is -0.355. The molecule has 31 heavy (non-hydrogen) atoms. The number of hydrogen-bond donors (Lipinski definition) is 0. The Balaban J connectivity index is 1.79. The van der Waals surface area contributed by atoms with Gasteiger partial charge in [0, 0.05) is 13.0 Å². The van der Waals surface area contributed by atoms with Crippen molar-refractivity contribution in [2.24, 2.45) is 0 Å². The van der Waals surface area contributed by atoms with Gasteiger partial charge in [0.1, 0.15) is 0 Å². The molecule has 1 aliphatic rings. The van der Waals surface area contributed by atoms with E-state index in [-0.39, 0.29) is 17.9 Å². The minimum absolute atomic E-state index is 0.120. The molecule has 4 heteroatoms. The number of benzene rings is 3. The Morgan fingerprint density at radius 1 is 1.00 bits per heavy atom. The lowest BCUT2D eigenvalue weighted by atomic mass is 9.92. The molecule has 1 aliphatic heterocycles. The molecule has 0 spiro atoms. The molecule has 0 N–H and O–H groups in total. The maximum Gasteiger partial charge on any atom is 0.338 e. The Labute approximate surface area is 183 Å². The standard InChI is InChI=1S/C27H27NO3/c1-3-4-14-25(29)28-18-21-16-15-20(22-12-8-9-13-23(22)27(30)31-2)17-24(21)26(28)19-10-6-5-7-11-19/h5-13,15-17,26H,3-4,14,18H2,1-2H3. The van der Waals surface area contributed by atoms with Crippen LogP contribution < -0.4 is 0 Å². The van der Waals surface area contributed by atoms with E-state index in [1.165, 1.54) is 7.11 Å². The molecule has 3 aromatic carbocycles. The first-order chi connectivity index (χ1) is 15.1. The molecule has 0 aromatic heterocycles. The highest BCUT2D eigenvalue weighted by atomic mass is 16.5. The largest absolute Gasteiger partial charge is 0.465 e. The molecule has 0 fully saturated rings. The van der Waals surface area contributed by atoms with Gasteiger partial charge >= 0.3 is 5.97 Å². The number of amides is 1. The highest BCUT2D eigenvalue weighted by Crippen LogP contribution is 2.41. The second kappa shape index (κ2) is 9.17. The average molecular weight is 414 g/mol. The van der Waals surface area contributed by atoms with Gasteiger partial charge < -0.3 is 9.64 Å². The van der Waals surface area contributed by atoms with Gasteiger partial charge in [-0.15, -0.1) is 0 Å². The van der Waals surface area contributed by atoms with Crippen molar-refractivity contribution in [2.75, 3.05) is 7.11 Å². The second-order valence-corrected chi connectivity index (χ2v) is 7.89. The summed E-state index contributed by atoms with van der Waals surface area (Å²) in [7, 11) is 1.40. The van der Waals surface area contributed by atoms with Crippen LogP contribution in [-0.2, 0) is 16.1 Å². The number of rotatable bonds is 6. The van der Waals surface area contributed by atoms with Gasteiger partial charge in [0.05, 0.1) is 18.7 Å². The number of unbranched alkanes of at least 4 members (excludes halogenated alkanes) is 1. The molecular formula is C27H27NO3. The SMILES string of the molecule is CCCCC(=O)N1Cc2ccc(-c3ccccc3C(=O)OC)cc2C1c1ccccc1. The van der Waals surface area contributed by atoms with Crippen LogP contribution in [0.3, 0.4) is 0 Å². The van der Waals surface area contributed by atoms with Crippen LogP contribution in [0.4, 0.5) is 0 Å². The van der Waals surface area contributed by atoms with Crippen molar-refractivity contribution >= 4 is 11.9 Å². The topological polar surface area (TPSA) is 46.6 Å². The summed E-state index contributed by atoms with van der Waals surface area (Å²) in [5.74, 6) is -0.171. The van der Waals surface area contributed by atoms with Crippen LogP contribution in [0.5, 0.6) is 0 Å². The summed E-state index contributed by atoms with van der Waals surface area (Å²) >= 11 is 0. The molecule has 4 nitrogen and oxygen atoms in total. The summed E-state index contributed by atoms with van der Waals surface area (Å²) < 4.78 is 4.98. The van der Waals surface area contributed by atoms with E-state index >= 15 is 0 Å². The lowest BCUT2D eigenvalue weighted by molar-refractivity contribution is -0.133. The predicted octanol–water partition coefficient (Wildman–Crippen LogP) is 5.76. The van der Waals surface area contributed by atoms with Gasteiger partial charge in [-0.1, -0.05) is 74.0 Å². The number of nitrogens with zero attached hydrogens (tertiary/aromatic N) is 1. The minimum Gasteiger partial charge on any atom is -0.465 e. The van der Waals surface area contributed by atoms with E-state index in [1.54, 1.807) is 6.07 Å². The van der Waals surface area contributed by atoms with Crippen molar-refractivity contribution in [3.8, 4) is 11.1 Å². The molecule has 0 saturated heterocycles. The zero-order valence-corrected chi connectivity index (χ0v) is 18.0. The van der Waals surface area contributed by atoms with Gasteiger partial charge in [-0.25, -0.2) is 4.79 Å². The zero-order valence-electron chi connectivity index (χ0n) is 18.0. The first-order valence-corrected chi connectivity index (χ1v) is 10.8. The van der Waals surface area contributed by atoms with Gasteiger partial charge in [-0.05, 0) is 46.4 Å². The number of ether oxygens (including phenoxy) is 1. The van der Waals surface area contributed by atoms with Crippen LogP contribution >= 0.6 is 0 Å². The van der Waals surface area contributed by atoms with Crippen LogP contribution in [0.25, 0.3) is 11.1 Å². The fraction of sp³-hybridized carbons (Fsp3) is 0.259. The van der Waals surface area contributed by atoms with Gasteiger partial charge in [-0.3, -0.25) is 4.79 Å². The van der Waals surface area contributed by atoms with Crippen LogP contribution in [0.1, 0.15) is 59.3 Å². The summed E-state index contributed by atoms with van der Waals surface area (Å²) in [5, 5.41) is 0. The first-order valence-electron chi connectivity index (χ1n) is 10.8. The zero-order chi connectivity index (χ0) is 21.8.